The molecule has 1 N–H and O–H groups in total. The third-order valence-electron chi connectivity index (χ3n) is 5.03. The van der Waals surface area contributed by atoms with Crippen molar-refractivity contribution in [3.8, 4) is 5.75 Å². The van der Waals surface area contributed by atoms with Crippen LogP contribution in [0.1, 0.15) is 31.5 Å². The summed E-state index contributed by atoms with van der Waals surface area (Å²) in [5.41, 5.74) is 2.24. The first-order valence-electron chi connectivity index (χ1n) is 9.81. The van der Waals surface area contributed by atoms with Crippen LogP contribution in [0.2, 0.25) is 0 Å². The summed E-state index contributed by atoms with van der Waals surface area (Å²) in [6, 6.07) is 14.2. The minimum absolute atomic E-state index is 0.0914. The van der Waals surface area contributed by atoms with Gasteiger partial charge in [-0.2, -0.15) is 0 Å². The summed E-state index contributed by atoms with van der Waals surface area (Å²) in [6.07, 6.45) is 5.54. The molecule has 4 rings (SSSR count). The fraction of sp³-hybridized carbons (Fsp3) is 0.318. The molecule has 1 fully saturated rings. The number of nitrogens with one attached hydrogen (secondary N) is 1. The Morgan fingerprint density at radius 2 is 2.07 bits per heavy atom. The molecule has 0 bridgehead atoms. The molecule has 150 valence electrons. The average Bonchev–Trinajstić information content (AvgIpc) is 3.42. The fourth-order valence-electron chi connectivity index (χ4n) is 3.46. The van der Waals surface area contributed by atoms with Gasteiger partial charge in [0.15, 0.2) is 5.13 Å². The van der Waals surface area contributed by atoms with E-state index in [1.54, 1.807) is 24.5 Å². The number of pyridine rings is 1. The molecule has 1 saturated heterocycles. The van der Waals surface area contributed by atoms with E-state index in [4.69, 9.17) is 9.72 Å². The Balaban J connectivity index is 1.35. The quantitative estimate of drug-likeness (QED) is 0.622. The number of hydrogen-bond donors (Lipinski definition) is 1. The highest BCUT2D eigenvalue weighted by atomic mass is 32.1. The van der Waals surface area contributed by atoms with Crippen molar-refractivity contribution in [3.63, 3.8) is 0 Å². The first-order chi connectivity index (χ1) is 14.2. The zero-order valence-electron chi connectivity index (χ0n) is 16.3. The molecule has 3 heterocycles. The topological polar surface area (TPSA) is 67.3 Å². The van der Waals surface area contributed by atoms with E-state index in [9.17, 15) is 4.79 Å². The van der Waals surface area contributed by atoms with Gasteiger partial charge in [0.05, 0.1) is 24.3 Å². The van der Waals surface area contributed by atoms with Crippen LogP contribution in [-0.2, 0) is 4.79 Å². The normalized spacial score (nSPS) is 17.1. The van der Waals surface area contributed by atoms with E-state index >= 15 is 0 Å². The Labute approximate surface area is 174 Å². The molecule has 2 aromatic heterocycles. The third kappa shape index (κ3) is 4.74. The maximum absolute atomic E-state index is 12.5. The zero-order valence-corrected chi connectivity index (χ0v) is 17.1. The summed E-state index contributed by atoms with van der Waals surface area (Å²) >= 11 is 1.48. The van der Waals surface area contributed by atoms with Crippen molar-refractivity contribution in [2.45, 2.75) is 25.8 Å². The maximum Gasteiger partial charge on any atom is 0.232 e. The van der Waals surface area contributed by atoms with E-state index in [1.165, 1.54) is 17.0 Å². The van der Waals surface area contributed by atoms with Crippen LogP contribution in [0.4, 0.5) is 10.8 Å². The lowest BCUT2D eigenvalue weighted by Crippen LogP contribution is -2.25. The zero-order chi connectivity index (χ0) is 20.1. The van der Waals surface area contributed by atoms with E-state index in [0.29, 0.717) is 17.5 Å². The highest BCUT2D eigenvalue weighted by Gasteiger charge is 2.28. The van der Waals surface area contributed by atoms with E-state index in [0.717, 1.165) is 25.1 Å². The van der Waals surface area contributed by atoms with Crippen LogP contribution in [0.3, 0.4) is 0 Å². The van der Waals surface area contributed by atoms with Gasteiger partial charge in [-0.3, -0.25) is 9.78 Å². The number of para-hydroxylation sites is 1. The molecule has 2 atom stereocenters. The van der Waals surface area contributed by atoms with E-state index < -0.39 is 0 Å². The summed E-state index contributed by atoms with van der Waals surface area (Å²) < 4.78 is 5.65. The van der Waals surface area contributed by atoms with Crippen LogP contribution >= 0.6 is 11.3 Å². The van der Waals surface area contributed by atoms with Crippen LogP contribution in [0.25, 0.3) is 0 Å². The second-order valence-corrected chi connectivity index (χ2v) is 8.01. The summed E-state index contributed by atoms with van der Waals surface area (Å²) in [5.74, 6) is 0.326. The van der Waals surface area contributed by atoms with Gasteiger partial charge in [-0.25, -0.2) is 4.98 Å². The van der Waals surface area contributed by atoms with Gasteiger partial charge in [0, 0.05) is 30.0 Å². The van der Waals surface area contributed by atoms with Crippen LogP contribution in [0, 0.1) is 5.92 Å². The van der Waals surface area contributed by atoms with Crippen LogP contribution < -0.4 is 15.0 Å². The summed E-state index contributed by atoms with van der Waals surface area (Å²) in [7, 11) is 0. The Bertz CT molecular complexity index is 932. The molecule has 1 aliphatic heterocycles. The molecule has 0 spiro atoms. The van der Waals surface area contributed by atoms with Crippen molar-refractivity contribution in [2.75, 3.05) is 23.4 Å². The van der Waals surface area contributed by atoms with Crippen molar-refractivity contribution in [1.82, 2.24) is 9.97 Å². The minimum Gasteiger partial charge on any atom is -0.493 e. The predicted molar refractivity (Wildman–Crippen MR) is 115 cm³/mol. The fourth-order valence-corrected chi connectivity index (χ4v) is 4.22. The molecule has 1 aromatic carbocycles. The van der Waals surface area contributed by atoms with Crippen molar-refractivity contribution in [1.29, 1.82) is 0 Å². The lowest BCUT2D eigenvalue weighted by atomic mass is 10.1. The van der Waals surface area contributed by atoms with Crippen LogP contribution in [0.15, 0.2) is 60.2 Å². The standard InChI is InChI=1S/C22H24N4O2S/c1-16(14-28-18-9-11-23-12-10-18)21(27)25-22-24-19(15-29-22)20-8-5-13-26(20)17-6-3-2-4-7-17/h2-4,6-7,9-12,15-16,20H,5,8,13-14H2,1H3,(H,24,25,27). The lowest BCUT2D eigenvalue weighted by Gasteiger charge is -2.25. The molecule has 7 heteroatoms. The first kappa shape index (κ1) is 19.4. The number of carbonyl (C=O) groups is 1. The molecular weight excluding hydrogens is 384 g/mol. The Morgan fingerprint density at radius 1 is 1.28 bits per heavy atom. The second-order valence-electron chi connectivity index (χ2n) is 7.15. The first-order valence-corrected chi connectivity index (χ1v) is 10.7. The number of nitrogens with zero attached hydrogens (tertiary/aromatic N) is 3. The highest BCUT2D eigenvalue weighted by Crippen LogP contribution is 2.37. The van der Waals surface area contributed by atoms with Crippen molar-refractivity contribution in [3.05, 3.63) is 65.9 Å². The Morgan fingerprint density at radius 3 is 2.86 bits per heavy atom. The van der Waals surface area contributed by atoms with Crippen LogP contribution in [-0.4, -0.2) is 29.0 Å². The Hall–Kier alpha value is -2.93. The van der Waals surface area contributed by atoms with E-state index in [1.807, 2.05) is 13.0 Å². The number of carbonyl (C=O) groups excluding carboxylic acids is 1. The number of hydrogen-bond acceptors (Lipinski definition) is 6. The smallest absolute Gasteiger partial charge is 0.232 e. The molecule has 1 aliphatic rings. The van der Waals surface area contributed by atoms with Crippen molar-refractivity contribution in [2.24, 2.45) is 5.92 Å². The third-order valence-corrected chi connectivity index (χ3v) is 5.81. The van der Waals surface area contributed by atoms with Crippen LogP contribution in [0.5, 0.6) is 5.75 Å². The van der Waals surface area contributed by atoms with Gasteiger partial charge < -0.3 is 15.0 Å². The molecule has 6 nitrogen and oxygen atoms in total. The SMILES string of the molecule is CC(COc1ccncc1)C(=O)Nc1nc(C2CCCN2c2ccccc2)cs1. The van der Waals surface area contributed by atoms with Gasteiger partial charge in [0.25, 0.3) is 0 Å². The average molecular weight is 409 g/mol. The van der Waals surface area contributed by atoms with Gasteiger partial charge in [0.2, 0.25) is 5.91 Å². The monoisotopic (exact) mass is 408 g/mol. The van der Waals surface area contributed by atoms with Crippen molar-refractivity contribution >= 4 is 28.1 Å². The highest BCUT2D eigenvalue weighted by molar-refractivity contribution is 7.13. The van der Waals surface area contributed by atoms with Gasteiger partial charge >= 0.3 is 0 Å². The number of rotatable bonds is 7. The molecule has 0 aliphatic carbocycles. The summed E-state index contributed by atoms with van der Waals surface area (Å²) in [4.78, 5) is 23.6. The van der Waals surface area contributed by atoms with Gasteiger partial charge in [-0.15, -0.1) is 11.3 Å². The number of amides is 1. The van der Waals surface area contributed by atoms with Gasteiger partial charge in [0.1, 0.15) is 5.75 Å². The molecule has 29 heavy (non-hydrogen) atoms. The van der Waals surface area contributed by atoms with E-state index in [-0.39, 0.29) is 17.9 Å². The number of thiazole rings is 1. The Kier molecular flexibility index (Phi) is 6.05. The molecule has 2 unspecified atom stereocenters. The number of anilines is 2. The molecule has 1 amide bonds. The van der Waals surface area contributed by atoms with E-state index in [2.05, 4.69) is 44.8 Å². The summed E-state index contributed by atoms with van der Waals surface area (Å²) in [6.45, 7) is 3.18. The second kappa shape index (κ2) is 9.05. The number of aromatic nitrogens is 2. The molecule has 0 radical (unpaired) electrons. The maximum atomic E-state index is 12.5. The van der Waals surface area contributed by atoms with Gasteiger partial charge in [-0.1, -0.05) is 25.1 Å². The summed E-state index contributed by atoms with van der Waals surface area (Å²) in [5, 5.41) is 5.63. The van der Waals surface area contributed by atoms with Gasteiger partial charge in [-0.05, 0) is 37.1 Å². The minimum atomic E-state index is -0.289. The predicted octanol–water partition coefficient (Wildman–Crippen LogP) is 4.53. The molecule has 3 aromatic rings. The lowest BCUT2D eigenvalue weighted by molar-refractivity contribution is -0.120. The number of benzene rings is 1. The molecule has 0 saturated carbocycles. The number of ether oxygens (including phenoxy) is 1. The van der Waals surface area contributed by atoms with Crippen molar-refractivity contribution < 1.29 is 9.53 Å². The molecular formula is C22H24N4O2S. The largest absolute Gasteiger partial charge is 0.493 e.